The smallest absolute Gasteiger partial charge is 0.220 e. The van der Waals surface area contributed by atoms with Crippen molar-refractivity contribution in [2.45, 2.75) is 185 Å². The van der Waals surface area contributed by atoms with E-state index in [1.54, 1.807) is 14.0 Å². The molecule has 2 rings (SSSR count). The van der Waals surface area contributed by atoms with E-state index in [4.69, 9.17) is 18.9 Å². The van der Waals surface area contributed by atoms with Gasteiger partial charge in [-0.3, -0.25) is 19.2 Å². The van der Waals surface area contributed by atoms with Crippen LogP contribution in [-0.2, 0) is 38.1 Å². The molecule has 9 N–H and O–H groups in total. The van der Waals surface area contributed by atoms with Gasteiger partial charge in [0.15, 0.2) is 12.1 Å². The molecule has 17 nitrogen and oxygen atoms in total. The number of aliphatic hydroxyl groups is 6. The maximum absolute atomic E-state index is 13.3. The maximum atomic E-state index is 13.3. The molecule has 2 aliphatic rings. The van der Waals surface area contributed by atoms with E-state index in [9.17, 15) is 49.8 Å². The number of hydrogen-bond donors (Lipinski definition) is 9. The van der Waals surface area contributed by atoms with Crippen molar-refractivity contribution in [2.24, 2.45) is 17.8 Å². The molecule has 0 aromatic carbocycles. The van der Waals surface area contributed by atoms with Crippen LogP contribution < -0.4 is 16.0 Å². The lowest BCUT2D eigenvalue weighted by Crippen LogP contribution is -2.55. The third kappa shape index (κ3) is 21.7. The predicted octanol–water partition coefficient (Wildman–Crippen LogP) is 1.79. The SMILES string of the molecule is COCCCNC(=O)CCCCCCC(=O)[C@H](CCCCNC(=O)CCCCCOC1CC(CO)C(O)C(O)C1C)NC(=O)CCCCCOC1OC(CO)C(O)C(O)C1C. The molecule has 1 saturated carbocycles. The minimum atomic E-state index is -1.19. The van der Waals surface area contributed by atoms with Crippen LogP contribution in [0.15, 0.2) is 0 Å². The predicted molar refractivity (Wildman–Crippen MR) is 227 cm³/mol. The average molecular weight is 876 g/mol. The van der Waals surface area contributed by atoms with Crippen LogP contribution >= 0.6 is 0 Å². The summed E-state index contributed by atoms with van der Waals surface area (Å²) in [6.07, 6.45) is 5.46. The number of carbonyl (C=O) groups excluding carboxylic acids is 4. The molecule has 61 heavy (non-hydrogen) atoms. The number of Topliss-reactive ketones (excluding diaryl/α,β-unsaturated/α-hetero) is 1. The number of unbranched alkanes of at least 4 members (excludes halogenated alkanes) is 8. The molecule has 0 bridgehead atoms. The molecule has 2 fully saturated rings. The molecule has 0 radical (unpaired) electrons. The molecule has 1 aliphatic heterocycles. The van der Waals surface area contributed by atoms with Gasteiger partial charge in [0.1, 0.15) is 12.2 Å². The fourth-order valence-corrected chi connectivity index (χ4v) is 7.85. The molecule has 3 amide bonds. The maximum Gasteiger partial charge on any atom is 0.220 e. The van der Waals surface area contributed by atoms with Crippen molar-refractivity contribution in [1.82, 2.24) is 16.0 Å². The van der Waals surface area contributed by atoms with Gasteiger partial charge in [0.05, 0.1) is 37.1 Å². The normalized spacial score (nSPS) is 27.0. The number of rotatable bonds is 34. The minimum Gasteiger partial charge on any atom is -0.396 e. The number of ether oxygens (including phenoxy) is 4. The lowest BCUT2D eigenvalue weighted by Gasteiger charge is -2.40. The van der Waals surface area contributed by atoms with Crippen molar-refractivity contribution in [3.63, 3.8) is 0 Å². The van der Waals surface area contributed by atoms with Gasteiger partial charge in [-0.05, 0) is 70.6 Å². The highest BCUT2D eigenvalue weighted by atomic mass is 16.7. The van der Waals surface area contributed by atoms with Crippen LogP contribution in [0.4, 0.5) is 0 Å². The number of ketones is 1. The number of nitrogens with one attached hydrogen (secondary N) is 3. The molecule has 10 unspecified atom stereocenters. The van der Waals surface area contributed by atoms with Crippen molar-refractivity contribution in [3.8, 4) is 0 Å². The van der Waals surface area contributed by atoms with Crippen LogP contribution in [-0.4, -0.2) is 156 Å². The van der Waals surface area contributed by atoms with Crippen LogP contribution in [0.5, 0.6) is 0 Å². The van der Waals surface area contributed by atoms with Gasteiger partial charge in [0, 0.05) is 90.1 Å². The lowest BCUT2D eigenvalue weighted by atomic mass is 9.77. The van der Waals surface area contributed by atoms with E-state index in [0.717, 1.165) is 38.5 Å². The molecule has 0 spiro atoms. The summed E-state index contributed by atoms with van der Waals surface area (Å²) in [6.45, 7) is 5.33. The third-order valence-electron chi connectivity index (χ3n) is 12.0. The highest BCUT2D eigenvalue weighted by Crippen LogP contribution is 2.32. The summed E-state index contributed by atoms with van der Waals surface area (Å²) < 4.78 is 22.3. The lowest BCUT2D eigenvalue weighted by molar-refractivity contribution is -0.282. The van der Waals surface area contributed by atoms with E-state index in [2.05, 4.69) is 16.0 Å². The molecule has 17 heteroatoms. The van der Waals surface area contributed by atoms with Gasteiger partial charge < -0.3 is 65.5 Å². The number of aliphatic hydroxyl groups excluding tert-OH is 6. The van der Waals surface area contributed by atoms with Gasteiger partial charge in [0.25, 0.3) is 0 Å². The monoisotopic (exact) mass is 876 g/mol. The topological polar surface area (TPSA) is 263 Å². The summed E-state index contributed by atoms with van der Waals surface area (Å²) in [4.78, 5) is 50.8. The first-order chi connectivity index (χ1) is 29.3. The van der Waals surface area contributed by atoms with Crippen LogP contribution in [0.1, 0.15) is 136 Å². The Kier molecular flexibility index (Phi) is 29.1. The summed E-state index contributed by atoms with van der Waals surface area (Å²) >= 11 is 0. The van der Waals surface area contributed by atoms with Gasteiger partial charge in [-0.2, -0.15) is 0 Å². The second kappa shape index (κ2) is 32.4. The second-order valence-corrected chi connectivity index (χ2v) is 17.0. The molecule has 356 valence electrons. The van der Waals surface area contributed by atoms with Gasteiger partial charge in [-0.25, -0.2) is 0 Å². The molecule has 1 heterocycles. The van der Waals surface area contributed by atoms with Gasteiger partial charge in [-0.15, -0.1) is 0 Å². The number of hydrogen-bond acceptors (Lipinski definition) is 14. The van der Waals surface area contributed by atoms with E-state index in [-0.39, 0.29) is 48.6 Å². The Bertz CT molecular complexity index is 1210. The third-order valence-corrected chi connectivity index (χ3v) is 12.0. The van der Waals surface area contributed by atoms with Crippen molar-refractivity contribution in [3.05, 3.63) is 0 Å². The van der Waals surface area contributed by atoms with E-state index in [1.807, 2.05) is 6.92 Å². The zero-order chi connectivity index (χ0) is 45.0. The summed E-state index contributed by atoms with van der Waals surface area (Å²) in [5.74, 6) is -1.40. The van der Waals surface area contributed by atoms with Gasteiger partial charge in [-0.1, -0.05) is 39.5 Å². The van der Waals surface area contributed by atoms with E-state index >= 15 is 0 Å². The molecule has 1 aliphatic carbocycles. The zero-order valence-corrected chi connectivity index (χ0v) is 37.2. The first-order valence-corrected chi connectivity index (χ1v) is 23.0. The summed E-state index contributed by atoms with van der Waals surface area (Å²) in [5, 5.41) is 68.4. The number of methoxy groups -OCH3 is 1. The van der Waals surface area contributed by atoms with Crippen molar-refractivity contribution >= 4 is 23.5 Å². The Morgan fingerprint density at radius 2 is 1.16 bits per heavy atom. The average Bonchev–Trinajstić information content (AvgIpc) is 3.25. The fourth-order valence-electron chi connectivity index (χ4n) is 7.85. The Morgan fingerprint density at radius 3 is 1.77 bits per heavy atom. The minimum absolute atomic E-state index is 0.0120. The van der Waals surface area contributed by atoms with Crippen molar-refractivity contribution in [2.75, 3.05) is 53.2 Å². The second-order valence-electron chi connectivity index (χ2n) is 17.0. The molecular weight excluding hydrogens is 794 g/mol. The summed E-state index contributed by atoms with van der Waals surface area (Å²) in [5.41, 5.74) is 0. The van der Waals surface area contributed by atoms with E-state index in [0.29, 0.717) is 110 Å². The Hall–Kier alpha value is -2.32. The number of amides is 3. The Morgan fingerprint density at radius 1 is 0.607 bits per heavy atom. The van der Waals surface area contributed by atoms with E-state index in [1.165, 1.54) is 0 Å². The summed E-state index contributed by atoms with van der Waals surface area (Å²) in [7, 11) is 1.62. The molecular formula is C44H81N3O14. The quantitative estimate of drug-likeness (QED) is 0.0418. The Balaban J connectivity index is 1.69. The van der Waals surface area contributed by atoms with Crippen LogP contribution in [0.3, 0.4) is 0 Å². The largest absolute Gasteiger partial charge is 0.396 e. The van der Waals surface area contributed by atoms with Crippen LogP contribution in [0, 0.1) is 17.8 Å². The fraction of sp³-hybridized carbons (Fsp3) is 0.909. The molecule has 0 aromatic rings. The molecule has 0 aromatic heterocycles. The first kappa shape index (κ1) is 54.8. The Labute approximate surface area is 363 Å². The standard InChI is InChI=1S/C44H81N3O14/c1-30-35(27-32(28-48)42(56)40(30)54)59-25-14-6-10-20-37(51)45-22-13-12-17-33(34(50)18-8-4-5-9-19-38(52)46-23-16-24-58-3)47-39(53)21-11-7-15-26-60-44-31(2)41(55)43(57)36(29-49)61-44/h30-33,35-36,40-44,48-49,54-57H,4-29H2,1-3H3,(H,45,51)(H,46,52)(H,47,53)/t30?,31?,32?,33-,35?,36?,40?,41?,42?,43?,44?/m0/s1. The summed E-state index contributed by atoms with van der Waals surface area (Å²) in [6, 6.07) is -0.628. The van der Waals surface area contributed by atoms with Gasteiger partial charge in [0.2, 0.25) is 17.7 Å². The van der Waals surface area contributed by atoms with Crippen molar-refractivity contribution in [1.29, 1.82) is 0 Å². The first-order valence-electron chi connectivity index (χ1n) is 23.0. The van der Waals surface area contributed by atoms with Crippen molar-refractivity contribution < 1.29 is 68.8 Å². The highest BCUT2D eigenvalue weighted by molar-refractivity contribution is 5.89. The zero-order valence-electron chi connectivity index (χ0n) is 37.2. The molecule has 1 saturated heterocycles. The highest BCUT2D eigenvalue weighted by Gasteiger charge is 2.43. The van der Waals surface area contributed by atoms with Crippen LogP contribution in [0.2, 0.25) is 0 Å². The number of carbonyl (C=O) groups is 4. The molecule has 11 atom stereocenters. The van der Waals surface area contributed by atoms with Gasteiger partial charge >= 0.3 is 0 Å². The van der Waals surface area contributed by atoms with Crippen LogP contribution in [0.25, 0.3) is 0 Å². The van der Waals surface area contributed by atoms with E-state index < -0.39 is 61.3 Å².